The molecule has 0 saturated heterocycles. The highest BCUT2D eigenvalue weighted by molar-refractivity contribution is 5.58. The molecule has 0 fully saturated rings. The third-order valence-electron chi connectivity index (χ3n) is 2.65. The average molecular weight is 179 g/mol. The van der Waals surface area contributed by atoms with Crippen LogP contribution in [0.1, 0.15) is 11.1 Å². The average Bonchev–Trinajstić information content (AvgIpc) is 2.09. The van der Waals surface area contributed by atoms with E-state index in [1.165, 1.54) is 5.56 Å². The highest BCUT2D eigenvalue weighted by atomic mass is 16.7. The molecule has 0 amide bonds. The van der Waals surface area contributed by atoms with Gasteiger partial charge in [-0.05, 0) is 11.6 Å². The summed E-state index contributed by atoms with van der Waals surface area (Å²) >= 11 is 0. The van der Waals surface area contributed by atoms with Gasteiger partial charge in [0.2, 0.25) is 5.79 Å². The Labute approximate surface area is 77.5 Å². The maximum atomic E-state index is 5.84. The summed E-state index contributed by atoms with van der Waals surface area (Å²) in [5.74, 6) is -0.597. The minimum absolute atomic E-state index is 0.597. The number of hydrogen-bond donors (Lipinski definition) is 1. The van der Waals surface area contributed by atoms with E-state index in [-0.39, 0.29) is 0 Å². The number of hydrogen-bond acceptors (Lipinski definition) is 3. The molecule has 70 valence electrons. The van der Waals surface area contributed by atoms with E-state index in [1.807, 2.05) is 18.2 Å². The molecule has 0 heterocycles. The predicted molar refractivity (Wildman–Crippen MR) is 50.3 cm³/mol. The van der Waals surface area contributed by atoms with Crippen molar-refractivity contribution in [1.82, 2.24) is 0 Å². The molecule has 0 aliphatic heterocycles. The van der Waals surface area contributed by atoms with Gasteiger partial charge in [-0.25, -0.2) is 0 Å². The molecule has 1 aromatic carbocycles. The number of nitrogen functional groups attached to an aromatic ring is 1. The number of methoxy groups -OCH3 is 2. The van der Waals surface area contributed by atoms with Crippen molar-refractivity contribution >= 4 is 5.69 Å². The van der Waals surface area contributed by atoms with Crippen LogP contribution in [-0.2, 0) is 21.7 Å². The van der Waals surface area contributed by atoms with Crippen molar-refractivity contribution in [2.75, 3.05) is 20.0 Å². The van der Waals surface area contributed by atoms with E-state index in [1.54, 1.807) is 14.2 Å². The summed E-state index contributed by atoms with van der Waals surface area (Å²) in [6, 6.07) is 5.86. The van der Waals surface area contributed by atoms with Gasteiger partial charge in [0.15, 0.2) is 0 Å². The Bertz CT molecular complexity index is 317. The van der Waals surface area contributed by atoms with Crippen molar-refractivity contribution in [2.24, 2.45) is 0 Å². The van der Waals surface area contributed by atoms with E-state index < -0.39 is 5.79 Å². The van der Waals surface area contributed by atoms with Crippen LogP contribution < -0.4 is 5.73 Å². The monoisotopic (exact) mass is 179 g/mol. The van der Waals surface area contributed by atoms with Crippen LogP contribution in [0, 0.1) is 0 Å². The minimum atomic E-state index is -0.597. The summed E-state index contributed by atoms with van der Waals surface area (Å²) in [7, 11) is 3.28. The first-order valence-corrected chi connectivity index (χ1v) is 4.21. The maximum Gasteiger partial charge on any atom is 0.200 e. The lowest BCUT2D eigenvalue weighted by molar-refractivity contribution is -0.230. The number of benzene rings is 1. The Kier molecular flexibility index (Phi) is 1.78. The van der Waals surface area contributed by atoms with E-state index >= 15 is 0 Å². The van der Waals surface area contributed by atoms with E-state index in [2.05, 4.69) is 0 Å². The Hall–Kier alpha value is -1.06. The SMILES string of the molecule is COC1(OC)Cc2cccc(N)c21. The Balaban J connectivity index is 2.49. The zero-order valence-corrected chi connectivity index (χ0v) is 7.83. The number of fused-ring (bicyclic) bond motifs is 1. The molecule has 0 spiro atoms. The van der Waals surface area contributed by atoms with Gasteiger partial charge in [-0.1, -0.05) is 12.1 Å². The fourth-order valence-corrected chi connectivity index (χ4v) is 1.90. The van der Waals surface area contributed by atoms with Crippen molar-refractivity contribution in [3.8, 4) is 0 Å². The van der Waals surface area contributed by atoms with Crippen molar-refractivity contribution in [3.63, 3.8) is 0 Å². The standard InChI is InChI=1S/C10H13NO2/c1-12-10(13-2)6-7-4-3-5-8(11)9(7)10/h3-5H,6,11H2,1-2H3. The molecule has 13 heavy (non-hydrogen) atoms. The van der Waals surface area contributed by atoms with Crippen LogP contribution >= 0.6 is 0 Å². The van der Waals surface area contributed by atoms with Gasteiger partial charge in [-0.3, -0.25) is 0 Å². The lowest BCUT2D eigenvalue weighted by atomic mass is 9.80. The number of ether oxygens (including phenoxy) is 2. The van der Waals surface area contributed by atoms with E-state index in [9.17, 15) is 0 Å². The summed E-state index contributed by atoms with van der Waals surface area (Å²) in [5.41, 5.74) is 8.78. The minimum Gasteiger partial charge on any atom is -0.398 e. The van der Waals surface area contributed by atoms with Crippen LogP contribution in [0.15, 0.2) is 18.2 Å². The van der Waals surface area contributed by atoms with E-state index in [4.69, 9.17) is 15.2 Å². The van der Waals surface area contributed by atoms with Gasteiger partial charge < -0.3 is 15.2 Å². The second-order valence-electron chi connectivity index (χ2n) is 3.22. The Morgan fingerprint density at radius 3 is 2.54 bits per heavy atom. The van der Waals surface area contributed by atoms with Crippen molar-refractivity contribution < 1.29 is 9.47 Å². The van der Waals surface area contributed by atoms with Crippen molar-refractivity contribution in [2.45, 2.75) is 12.2 Å². The van der Waals surface area contributed by atoms with Crippen LogP contribution in [0.3, 0.4) is 0 Å². The molecule has 2 rings (SSSR count). The van der Waals surface area contributed by atoms with Crippen LogP contribution in [0.2, 0.25) is 0 Å². The largest absolute Gasteiger partial charge is 0.398 e. The maximum absolute atomic E-state index is 5.84. The van der Waals surface area contributed by atoms with Crippen LogP contribution in [0.5, 0.6) is 0 Å². The zero-order chi connectivity index (χ0) is 9.47. The third-order valence-corrected chi connectivity index (χ3v) is 2.65. The molecular formula is C10H13NO2. The van der Waals surface area contributed by atoms with Gasteiger partial charge in [-0.2, -0.15) is 0 Å². The van der Waals surface area contributed by atoms with Gasteiger partial charge in [0, 0.05) is 31.9 Å². The molecule has 0 atom stereocenters. The molecule has 1 aliphatic carbocycles. The fourth-order valence-electron chi connectivity index (χ4n) is 1.90. The Morgan fingerprint density at radius 2 is 2.00 bits per heavy atom. The lowest BCUT2D eigenvalue weighted by Gasteiger charge is -2.41. The smallest absolute Gasteiger partial charge is 0.200 e. The predicted octanol–water partition coefficient (Wildman–Crippen LogP) is 1.27. The topological polar surface area (TPSA) is 44.5 Å². The number of nitrogens with two attached hydrogens (primary N) is 1. The molecule has 0 bridgehead atoms. The first-order valence-electron chi connectivity index (χ1n) is 4.21. The van der Waals surface area contributed by atoms with Gasteiger partial charge in [0.25, 0.3) is 0 Å². The zero-order valence-electron chi connectivity index (χ0n) is 7.83. The first kappa shape index (κ1) is 8.53. The molecule has 3 heteroatoms. The van der Waals surface area contributed by atoms with Gasteiger partial charge >= 0.3 is 0 Å². The van der Waals surface area contributed by atoms with Gasteiger partial charge in [0.1, 0.15) is 0 Å². The summed E-state index contributed by atoms with van der Waals surface area (Å²) in [4.78, 5) is 0. The molecule has 0 radical (unpaired) electrons. The lowest BCUT2D eigenvalue weighted by Crippen LogP contribution is -2.43. The quantitative estimate of drug-likeness (QED) is 0.549. The summed E-state index contributed by atoms with van der Waals surface area (Å²) in [6.45, 7) is 0. The molecule has 1 aliphatic rings. The van der Waals surface area contributed by atoms with Crippen molar-refractivity contribution in [3.05, 3.63) is 29.3 Å². The molecule has 0 saturated carbocycles. The summed E-state index contributed by atoms with van der Waals surface area (Å²) in [6.07, 6.45) is 0.778. The summed E-state index contributed by atoms with van der Waals surface area (Å²) in [5, 5.41) is 0. The highest BCUT2D eigenvalue weighted by Gasteiger charge is 2.45. The molecular weight excluding hydrogens is 166 g/mol. The van der Waals surface area contributed by atoms with Crippen LogP contribution in [0.4, 0.5) is 5.69 Å². The van der Waals surface area contributed by atoms with Gasteiger partial charge in [0.05, 0.1) is 0 Å². The fraction of sp³-hybridized carbons (Fsp3) is 0.400. The molecule has 2 N–H and O–H groups in total. The second-order valence-corrected chi connectivity index (χ2v) is 3.22. The van der Waals surface area contributed by atoms with E-state index in [0.29, 0.717) is 0 Å². The summed E-state index contributed by atoms with van der Waals surface area (Å²) < 4.78 is 10.7. The highest BCUT2D eigenvalue weighted by Crippen LogP contribution is 2.45. The first-order chi connectivity index (χ1) is 6.23. The number of rotatable bonds is 2. The normalized spacial score (nSPS) is 17.7. The van der Waals surface area contributed by atoms with Crippen LogP contribution in [-0.4, -0.2) is 14.2 Å². The third kappa shape index (κ3) is 0.975. The molecule has 0 aromatic heterocycles. The number of anilines is 1. The van der Waals surface area contributed by atoms with E-state index in [0.717, 1.165) is 17.7 Å². The molecule has 3 nitrogen and oxygen atoms in total. The van der Waals surface area contributed by atoms with Crippen LogP contribution in [0.25, 0.3) is 0 Å². The second kappa shape index (κ2) is 2.72. The van der Waals surface area contributed by atoms with Gasteiger partial charge in [-0.15, -0.1) is 0 Å². The Morgan fingerprint density at radius 1 is 1.31 bits per heavy atom. The van der Waals surface area contributed by atoms with Crippen molar-refractivity contribution in [1.29, 1.82) is 0 Å². The molecule has 1 aromatic rings. The molecule has 0 unspecified atom stereocenters.